The van der Waals surface area contributed by atoms with Crippen molar-refractivity contribution in [3.8, 4) is 0 Å². The van der Waals surface area contributed by atoms with Crippen LogP contribution >= 0.6 is 10.7 Å². The van der Waals surface area contributed by atoms with Crippen LogP contribution < -0.4 is 0 Å². The molecule has 1 rings (SSSR count). The van der Waals surface area contributed by atoms with Crippen LogP contribution in [0.5, 0.6) is 0 Å². The topological polar surface area (TPSA) is 52.6 Å². The number of hydrogen-bond donors (Lipinski definition) is 0. The zero-order valence-corrected chi connectivity index (χ0v) is 5.94. The second-order valence-electron chi connectivity index (χ2n) is 1.42. The van der Waals surface area contributed by atoms with E-state index in [-0.39, 0.29) is 6.61 Å². The van der Waals surface area contributed by atoms with E-state index in [1.807, 2.05) is 0 Å². The van der Waals surface area contributed by atoms with Gasteiger partial charge in [-0.15, -0.1) is 4.31 Å². The van der Waals surface area contributed by atoms with Gasteiger partial charge in [0, 0.05) is 0 Å². The average Bonchev–Trinajstić information content (AvgIpc) is 2.13. The van der Waals surface area contributed by atoms with Crippen LogP contribution in [0.1, 0.15) is 0 Å². The van der Waals surface area contributed by atoms with Gasteiger partial charge in [-0.2, -0.15) is 0 Å². The lowest BCUT2D eigenvalue weighted by Gasteiger charge is -2.06. The summed E-state index contributed by atoms with van der Waals surface area (Å²) in [4.78, 5) is 10.4. The van der Waals surface area contributed by atoms with Crippen molar-refractivity contribution in [2.45, 2.75) is 0 Å². The lowest BCUT2D eigenvalue weighted by atomic mass is 10.7. The summed E-state index contributed by atoms with van der Waals surface area (Å²) in [6.45, 7) is 0.590. The van der Waals surface area contributed by atoms with Crippen molar-refractivity contribution in [2.24, 2.45) is 0 Å². The van der Waals surface area contributed by atoms with Crippen LogP contribution in [0.15, 0.2) is 0 Å². The van der Waals surface area contributed by atoms with E-state index in [0.717, 1.165) is 4.31 Å². The molecule has 0 aliphatic carbocycles. The van der Waals surface area contributed by atoms with Crippen LogP contribution in [0, 0.1) is 0 Å². The second kappa shape index (κ2) is 2.64. The number of nitrogens with zero attached hydrogens (tertiary/aromatic N) is 1. The van der Waals surface area contributed by atoms with Crippen LogP contribution in [0.25, 0.3) is 0 Å². The zero-order valence-electron chi connectivity index (χ0n) is 4.37. The van der Waals surface area contributed by atoms with Gasteiger partial charge in [0.15, 0.2) is 10.6 Å². The van der Waals surface area contributed by atoms with Crippen LogP contribution in [0.3, 0.4) is 0 Å². The summed E-state index contributed by atoms with van der Waals surface area (Å²) in [5, 5.41) is 0. The van der Waals surface area contributed by atoms with E-state index >= 15 is 0 Å². The van der Waals surface area contributed by atoms with Gasteiger partial charge in [-0.05, 0) is 0 Å². The van der Waals surface area contributed by atoms with Gasteiger partial charge in [0.25, 0.3) is 0 Å². The van der Waals surface area contributed by atoms with Gasteiger partial charge in [0.2, 0.25) is 10.7 Å². The van der Waals surface area contributed by atoms with Gasteiger partial charge in [-0.3, -0.25) is 0 Å². The van der Waals surface area contributed by atoms with E-state index in [4.69, 9.17) is 10.7 Å². The molecule has 0 spiro atoms. The lowest BCUT2D eigenvalue weighted by Crippen LogP contribution is -2.27. The van der Waals surface area contributed by atoms with Crippen molar-refractivity contribution in [1.82, 2.24) is 4.31 Å². The van der Waals surface area contributed by atoms with Gasteiger partial charge in [-0.25, -0.2) is 4.79 Å². The minimum atomic E-state index is -1.74. The molecular weight excluding hydrogens is 166 g/mol. The van der Waals surface area contributed by atoms with Gasteiger partial charge in [0.05, 0.1) is 0 Å². The Bertz CT molecular complexity index is 130. The highest BCUT2D eigenvalue weighted by molar-refractivity contribution is 8.12. The molecule has 1 fully saturated rings. The highest BCUT2D eigenvalue weighted by Gasteiger charge is 2.32. The third kappa shape index (κ3) is 1.41. The van der Waals surface area contributed by atoms with Gasteiger partial charge in [0.1, 0.15) is 13.2 Å². The SMILES string of the molecule is O=C1OCCN1[S+]([O-])Cl. The van der Waals surface area contributed by atoms with E-state index in [1.165, 1.54) is 0 Å². The number of amides is 1. The summed E-state index contributed by atoms with van der Waals surface area (Å²) in [7, 11) is 3.34. The maximum absolute atomic E-state index is 10.4. The molecule has 9 heavy (non-hydrogen) atoms. The molecule has 0 radical (unpaired) electrons. The van der Waals surface area contributed by atoms with Gasteiger partial charge in [-0.1, -0.05) is 0 Å². The van der Waals surface area contributed by atoms with E-state index in [2.05, 4.69) is 4.74 Å². The first-order valence-electron chi connectivity index (χ1n) is 2.24. The Hall–Kier alpha value is -0.130. The summed E-state index contributed by atoms with van der Waals surface area (Å²) >= 11 is 0. The molecule has 52 valence electrons. The summed E-state index contributed by atoms with van der Waals surface area (Å²) < 4.78 is 15.7. The Kier molecular flexibility index (Phi) is 2.05. The molecular formula is C3H4ClNO3S. The standard InChI is InChI=1S/C3H4ClNO3S/c4-9(7)5-1-2-8-3(5)6/h1-2H2. The summed E-state index contributed by atoms with van der Waals surface area (Å²) in [6, 6.07) is 0. The third-order valence-electron chi connectivity index (χ3n) is 0.897. The summed E-state index contributed by atoms with van der Waals surface area (Å²) in [5.74, 6) is 0. The molecule has 1 amide bonds. The maximum atomic E-state index is 10.4. The predicted octanol–water partition coefficient (Wildman–Crippen LogP) is 0.256. The van der Waals surface area contributed by atoms with Crippen LogP contribution in [-0.2, 0) is 15.3 Å². The van der Waals surface area contributed by atoms with Crippen LogP contribution in [0.4, 0.5) is 4.79 Å². The molecule has 0 N–H and O–H groups in total. The second-order valence-corrected chi connectivity index (χ2v) is 3.07. The quantitative estimate of drug-likeness (QED) is 0.529. The van der Waals surface area contributed by atoms with Crippen molar-refractivity contribution in [1.29, 1.82) is 0 Å². The highest BCUT2D eigenvalue weighted by atomic mass is 35.7. The average molecular weight is 170 g/mol. The lowest BCUT2D eigenvalue weighted by molar-refractivity contribution is 0.170. The first-order chi connectivity index (χ1) is 4.22. The van der Waals surface area contributed by atoms with Gasteiger partial charge < -0.3 is 9.29 Å². The molecule has 1 saturated heterocycles. The molecule has 1 aliphatic rings. The molecule has 0 saturated carbocycles. The monoisotopic (exact) mass is 169 g/mol. The number of rotatable bonds is 1. The minimum absolute atomic E-state index is 0.275. The third-order valence-corrected chi connectivity index (χ3v) is 2.07. The number of carbonyl (C=O) groups is 1. The largest absolute Gasteiger partial charge is 0.575 e. The van der Waals surface area contributed by atoms with Crippen LogP contribution in [0.2, 0.25) is 0 Å². The zero-order chi connectivity index (χ0) is 6.85. The fraction of sp³-hybridized carbons (Fsp3) is 0.667. The molecule has 0 bridgehead atoms. The Morgan fingerprint density at radius 1 is 1.89 bits per heavy atom. The highest BCUT2D eigenvalue weighted by Crippen LogP contribution is 2.12. The van der Waals surface area contributed by atoms with Gasteiger partial charge >= 0.3 is 6.09 Å². The van der Waals surface area contributed by atoms with Crippen molar-refractivity contribution in [3.05, 3.63) is 0 Å². The molecule has 1 aliphatic heterocycles. The fourth-order valence-electron chi connectivity index (χ4n) is 0.510. The van der Waals surface area contributed by atoms with E-state index in [1.54, 1.807) is 0 Å². The van der Waals surface area contributed by atoms with E-state index in [0.29, 0.717) is 6.54 Å². The normalized spacial score (nSPS) is 22.0. The van der Waals surface area contributed by atoms with E-state index in [9.17, 15) is 9.35 Å². The molecule has 4 nitrogen and oxygen atoms in total. The van der Waals surface area contributed by atoms with Crippen molar-refractivity contribution in [2.75, 3.05) is 13.2 Å². The molecule has 1 atom stereocenters. The maximum Gasteiger partial charge on any atom is 0.453 e. The number of halogens is 1. The Balaban J connectivity index is 2.49. The molecule has 1 heterocycles. The van der Waals surface area contributed by atoms with Crippen molar-refractivity contribution in [3.63, 3.8) is 0 Å². The molecule has 0 aromatic heterocycles. The molecule has 6 heteroatoms. The summed E-state index contributed by atoms with van der Waals surface area (Å²) in [5.41, 5.74) is 0. The number of ether oxygens (including phenoxy) is 1. The van der Waals surface area contributed by atoms with E-state index < -0.39 is 16.7 Å². The summed E-state index contributed by atoms with van der Waals surface area (Å²) in [6.07, 6.45) is -0.608. The fourth-order valence-corrected chi connectivity index (χ4v) is 1.27. The number of cyclic esters (lactones) is 1. The Labute approximate surface area is 59.5 Å². The number of carbonyl (C=O) groups excluding carboxylic acids is 1. The Morgan fingerprint density at radius 2 is 2.56 bits per heavy atom. The molecule has 0 aromatic carbocycles. The molecule has 0 aromatic rings. The minimum Gasteiger partial charge on any atom is -0.575 e. The van der Waals surface area contributed by atoms with Crippen molar-refractivity contribution < 1.29 is 14.1 Å². The first-order valence-corrected chi connectivity index (χ1v) is 4.17. The van der Waals surface area contributed by atoms with Crippen molar-refractivity contribution >= 4 is 27.4 Å². The first kappa shape index (κ1) is 6.98. The van der Waals surface area contributed by atoms with Crippen LogP contribution in [-0.4, -0.2) is 28.1 Å². The molecule has 1 unspecified atom stereocenters. The number of hydrogen-bond acceptors (Lipinski definition) is 3. The predicted molar refractivity (Wildman–Crippen MR) is 32.0 cm³/mol. The smallest absolute Gasteiger partial charge is 0.453 e. The Morgan fingerprint density at radius 3 is 2.78 bits per heavy atom.